The van der Waals surface area contributed by atoms with E-state index in [-0.39, 0.29) is 11.9 Å². The number of ether oxygens (including phenoxy) is 1. The van der Waals surface area contributed by atoms with Gasteiger partial charge in [0.05, 0.1) is 13.0 Å². The van der Waals surface area contributed by atoms with E-state index < -0.39 is 0 Å². The largest absolute Gasteiger partial charge is 0.469 e. The standard InChI is InChI=1S/C11H23NO2/c1-5-10(11(13)14-4)8-12-7-6-9(2)3/h9-10,12H,5-8H2,1-4H3. The van der Waals surface area contributed by atoms with Gasteiger partial charge in [-0.15, -0.1) is 0 Å². The topological polar surface area (TPSA) is 38.3 Å². The van der Waals surface area contributed by atoms with Crippen LogP contribution >= 0.6 is 0 Å². The summed E-state index contributed by atoms with van der Waals surface area (Å²) in [7, 11) is 1.44. The van der Waals surface area contributed by atoms with Gasteiger partial charge < -0.3 is 10.1 Å². The quantitative estimate of drug-likeness (QED) is 0.504. The van der Waals surface area contributed by atoms with E-state index in [9.17, 15) is 4.79 Å². The summed E-state index contributed by atoms with van der Waals surface area (Å²) in [5.41, 5.74) is 0. The fourth-order valence-electron chi connectivity index (χ4n) is 1.23. The first kappa shape index (κ1) is 13.4. The molecule has 0 bridgehead atoms. The molecule has 0 rings (SSSR count). The lowest BCUT2D eigenvalue weighted by Gasteiger charge is -2.13. The lowest BCUT2D eigenvalue weighted by atomic mass is 10.1. The van der Waals surface area contributed by atoms with Crippen LogP contribution in [0.5, 0.6) is 0 Å². The highest BCUT2D eigenvalue weighted by molar-refractivity contribution is 5.72. The van der Waals surface area contributed by atoms with Gasteiger partial charge >= 0.3 is 5.97 Å². The molecule has 0 aliphatic heterocycles. The first-order valence-electron chi connectivity index (χ1n) is 5.40. The summed E-state index contributed by atoms with van der Waals surface area (Å²) >= 11 is 0. The molecule has 0 saturated heterocycles. The van der Waals surface area contributed by atoms with Crippen molar-refractivity contribution in [3.05, 3.63) is 0 Å². The van der Waals surface area contributed by atoms with E-state index in [1.807, 2.05) is 6.92 Å². The molecule has 0 aliphatic carbocycles. The van der Waals surface area contributed by atoms with Crippen LogP contribution in [0.25, 0.3) is 0 Å². The van der Waals surface area contributed by atoms with E-state index in [0.717, 1.165) is 25.9 Å². The summed E-state index contributed by atoms with van der Waals surface area (Å²) in [5.74, 6) is 0.609. The van der Waals surface area contributed by atoms with Gasteiger partial charge in [-0.2, -0.15) is 0 Å². The Morgan fingerprint density at radius 1 is 1.43 bits per heavy atom. The minimum Gasteiger partial charge on any atom is -0.469 e. The predicted molar refractivity (Wildman–Crippen MR) is 58.1 cm³/mol. The second kappa shape index (κ2) is 7.80. The van der Waals surface area contributed by atoms with Crippen molar-refractivity contribution in [3.8, 4) is 0 Å². The average Bonchev–Trinajstić information content (AvgIpc) is 2.16. The normalized spacial score (nSPS) is 12.9. The van der Waals surface area contributed by atoms with Crippen LogP contribution in [-0.2, 0) is 9.53 Å². The van der Waals surface area contributed by atoms with Crippen molar-refractivity contribution in [2.45, 2.75) is 33.6 Å². The van der Waals surface area contributed by atoms with Crippen LogP contribution in [0, 0.1) is 11.8 Å². The Bertz CT molecular complexity index is 157. The molecule has 0 fully saturated rings. The fourth-order valence-corrected chi connectivity index (χ4v) is 1.23. The van der Waals surface area contributed by atoms with Crippen molar-refractivity contribution in [2.24, 2.45) is 11.8 Å². The van der Waals surface area contributed by atoms with Crippen molar-refractivity contribution in [3.63, 3.8) is 0 Å². The number of carbonyl (C=O) groups excluding carboxylic acids is 1. The molecule has 3 nitrogen and oxygen atoms in total. The molecule has 14 heavy (non-hydrogen) atoms. The minimum atomic E-state index is -0.107. The third-order valence-electron chi connectivity index (χ3n) is 2.32. The second-order valence-electron chi connectivity index (χ2n) is 4.01. The lowest BCUT2D eigenvalue weighted by molar-refractivity contribution is -0.145. The van der Waals surface area contributed by atoms with Crippen LogP contribution in [0.3, 0.4) is 0 Å². The fraction of sp³-hybridized carbons (Fsp3) is 0.909. The zero-order valence-corrected chi connectivity index (χ0v) is 9.80. The highest BCUT2D eigenvalue weighted by Crippen LogP contribution is 2.03. The van der Waals surface area contributed by atoms with Crippen molar-refractivity contribution >= 4 is 5.97 Å². The summed E-state index contributed by atoms with van der Waals surface area (Å²) in [6, 6.07) is 0. The molecule has 0 aromatic heterocycles. The molecule has 1 unspecified atom stereocenters. The highest BCUT2D eigenvalue weighted by atomic mass is 16.5. The molecule has 3 heteroatoms. The molecule has 0 aromatic rings. The summed E-state index contributed by atoms with van der Waals surface area (Å²) < 4.78 is 4.70. The van der Waals surface area contributed by atoms with Crippen LogP contribution in [-0.4, -0.2) is 26.2 Å². The third-order valence-corrected chi connectivity index (χ3v) is 2.32. The first-order chi connectivity index (χ1) is 6.61. The smallest absolute Gasteiger partial charge is 0.309 e. The Labute approximate surface area is 87.2 Å². The number of hydrogen-bond donors (Lipinski definition) is 1. The SMILES string of the molecule is CCC(CNCCC(C)C)C(=O)OC. The first-order valence-corrected chi connectivity index (χ1v) is 5.40. The lowest BCUT2D eigenvalue weighted by Crippen LogP contribution is -2.30. The van der Waals surface area contributed by atoms with Crippen molar-refractivity contribution in [1.29, 1.82) is 0 Å². The molecule has 1 atom stereocenters. The van der Waals surface area contributed by atoms with Crippen LogP contribution in [0.4, 0.5) is 0 Å². The molecule has 84 valence electrons. The number of esters is 1. The molecular weight excluding hydrogens is 178 g/mol. The average molecular weight is 201 g/mol. The van der Waals surface area contributed by atoms with Gasteiger partial charge in [-0.1, -0.05) is 20.8 Å². The Balaban J connectivity index is 3.58. The molecular formula is C11H23NO2. The van der Waals surface area contributed by atoms with E-state index in [4.69, 9.17) is 4.74 Å². The Morgan fingerprint density at radius 3 is 2.50 bits per heavy atom. The van der Waals surface area contributed by atoms with Crippen LogP contribution in [0.1, 0.15) is 33.6 Å². The van der Waals surface area contributed by atoms with E-state index >= 15 is 0 Å². The number of methoxy groups -OCH3 is 1. The highest BCUT2D eigenvalue weighted by Gasteiger charge is 2.15. The second-order valence-corrected chi connectivity index (χ2v) is 4.01. The van der Waals surface area contributed by atoms with Crippen LogP contribution in [0.15, 0.2) is 0 Å². The third kappa shape index (κ3) is 5.97. The number of rotatable bonds is 7. The van der Waals surface area contributed by atoms with Gasteiger partial charge in [-0.25, -0.2) is 0 Å². The van der Waals surface area contributed by atoms with Gasteiger partial charge in [-0.05, 0) is 25.3 Å². The number of carbonyl (C=O) groups is 1. The van der Waals surface area contributed by atoms with Crippen molar-refractivity contribution in [1.82, 2.24) is 5.32 Å². The Kier molecular flexibility index (Phi) is 7.48. The van der Waals surface area contributed by atoms with E-state index in [2.05, 4.69) is 19.2 Å². The van der Waals surface area contributed by atoms with Gasteiger partial charge in [0, 0.05) is 6.54 Å². The van der Waals surface area contributed by atoms with E-state index in [1.165, 1.54) is 7.11 Å². The molecule has 0 aromatic carbocycles. The van der Waals surface area contributed by atoms with Crippen LogP contribution < -0.4 is 5.32 Å². The zero-order chi connectivity index (χ0) is 11.0. The molecule has 0 saturated carbocycles. The van der Waals surface area contributed by atoms with Gasteiger partial charge in [0.1, 0.15) is 0 Å². The molecule has 1 N–H and O–H groups in total. The van der Waals surface area contributed by atoms with Crippen molar-refractivity contribution in [2.75, 3.05) is 20.2 Å². The maximum Gasteiger partial charge on any atom is 0.309 e. The Morgan fingerprint density at radius 2 is 2.07 bits per heavy atom. The van der Waals surface area contributed by atoms with Crippen molar-refractivity contribution < 1.29 is 9.53 Å². The molecule has 0 amide bonds. The molecule has 0 aliphatic rings. The van der Waals surface area contributed by atoms with E-state index in [0.29, 0.717) is 5.92 Å². The maximum absolute atomic E-state index is 11.2. The molecule has 0 heterocycles. The monoisotopic (exact) mass is 201 g/mol. The van der Waals surface area contributed by atoms with Gasteiger partial charge in [-0.3, -0.25) is 4.79 Å². The summed E-state index contributed by atoms with van der Waals surface area (Å²) in [4.78, 5) is 11.2. The Hall–Kier alpha value is -0.570. The van der Waals surface area contributed by atoms with Gasteiger partial charge in [0.15, 0.2) is 0 Å². The summed E-state index contributed by atoms with van der Waals surface area (Å²) in [5, 5.41) is 3.28. The molecule has 0 radical (unpaired) electrons. The summed E-state index contributed by atoms with van der Waals surface area (Å²) in [6.45, 7) is 8.10. The zero-order valence-electron chi connectivity index (χ0n) is 9.80. The van der Waals surface area contributed by atoms with Gasteiger partial charge in [0.2, 0.25) is 0 Å². The van der Waals surface area contributed by atoms with Gasteiger partial charge in [0.25, 0.3) is 0 Å². The minimum absolute atomic E-state index is 0.00663. The summed E-state index contributed by atoms with van der Waals surface area (Å²) in [6.07, 6.45) is 1.99. The molecule has 0 spiro atoms. The number of hydrogen-bond acceptors (Lipinski definition) is 3. The van der Waals surface area contributed by atoms with Crippen LogP contribution in [0.2, 0.25) is 0 Å². The number of nitrogens with one attached hydrogen (secondary N) is 1. The predicted octanol–water partition coefficient (Wildman–Crippen LogP) is 1.82. The van der Waals surface area contributed by atoms with E-state index in [1.54, 1.807) is 0 Å². The maximum atomic E-state index is 11.2.